The maximum atomic E-state index is 11.9. The molecule has 0 aliphatic heterocycles. The van der Waals surface area contributed by atoms with E-state index in [1.54, 1.807) is 6.07 Å². The second kappa shape index (κ2) is 6.81. The highest BCUT2D eigenvalue weighted by Gasteiger charge is 2.21. The molecular weight excluding hydrogens is 280 g/mol. The van der Waals surface area contributed by atoms with Gasteiger partial charge in [0.2, 0.25) is 10.0 Å². The van der Waals surface area contributed by atoms with E-state index in [0.29, 0.717) is 12.8 Å². The SMILES string of the molecule is CC(C)(CCNS(=O)(=O)c1cccnc1)CCC(=O)O. The van der Waals surface area contributed by atoms with E-state index in [1.165, 1.54) is 18.5 Å². The minimum Gasteiger partial charge on any atom is -0.481 e. The highest BCUT2D eigenvalue weighted by molar-refractivity contribution is 7.89. The van der Waals surface area contributed by atoms with Gasteiger partial charge in [0.25, 0.3) is 0 Å². The van der Waals surface area contributed by atoms with Crippen molar-refractivity contribution in [2.45, 2.75) is 38.0 Å². The Morgan fingerprint density at radius 1 is 1.40 bits per heavy atom. The summed E-state index contributed by atoms with van der Waals surface area (Å²) in [6, 6.07) is 3.04. The van der Waals surface area contributed by atoms with Crippen LogP contribution in [0.1, 0.15) is 33.1 Å². The standard InChI is InChI=1S/C13H20N2O4S/c1-13(2,6-5-12(16)17)7-9-15-20(18,19)11-4-3-8-14-10-11/h3-4,8,10,15H,5-7,9H2,1-2H3,(H,16,17). The minimum atomic E-state index is -3.54. The fourth-order valence-corrected chi connectivity index (χ4v) is 2.68. The number of carboxylic acid groups (broad SMARTS) is 1. The summed E-state index contributed by atoms with van der Waals surface area (Å²) in [7, 11) is -3.54. The number of nitrogens with zero attached hydrogens (tertiary/aromatic N) is 1. The predicted molar refractivity (Wildman–Crippen MR) is 74.7 cm³/mol. The summed E-state index contributed by atoms with van der Waals surface area (Å²) in [5.74, 6) is -0.839. The lowest BCUT2D eigenvalue weighted by molar-refractivity contribution is -0.137. The van der Waals surface area contributed by atoms with E-state index < -0.39 is 16.0 Å². The smallest absolute Gasteiger partial charge is 0.303 e. The fraction of sp³-hybridized carbons (Fsp3) is 0.538. The summed E-state index contributed by atoms with van der Waals surface area (Å²) in [5, 5.41) is 8.66. The number of aromatic nitrogens is 1. The molecule has 0 saturated heterocycles. The molecule has 0 fully saturated rings. The van der Waals surface area contributed by atoms with E-state index >= 15 is 0 Å². The molecule has 0 aromatic carbocycles. The Bertz CT molecular complexity index is 541. The summed E-state index contributed by atoms with van der Waals surface area (Å²) in [6.45, 7) is 4.12. The van der Waals surface area contributed by atoms with Crippen molar-refractivity contribution in [3.8, 4) is 0 Å². The van der Waals surface area contributed by atoms with Crippen molar-refractivity contribution in [3.05, 3.63) is 24.5 Å². The molecule has 0 aliphatic carbocycles. The van der Waals surface area contributed by atoms with Crippen molar-refractivity contribution in [2.75, 3.05) is 6.54 Å². The van der Waals surface area contributed by atoms with Gasteiger partial charge in [-0.25, -0.2) is 13.1 Å². The summed E-state index contributed by atoms with van der Waals surface area (Å²) < 4.78 is 26.4. The lowest BCUT2D eigenvalue weighted by Gasteiger charge is -2.23. The highest BCUT2D eigenvalue weighted by atomic mass is 32.2. The summed E-state index contributed by atoms with van der Waals surface area (Å²) in [6.07, 6.45) is 3.96. The lowest BCUT2D eigenvalue weighted by atomic mass is 9.84. The number of pyridine rings is 1. The Hall–Kier alpha value is -1.47. The number of carbonyl (C=O) groups is 1. The molecule has 0 spiro atoms. The third-order valence-electron chi connectivity index (χ3n) is 3.05. The number of rotatable bonds is 8. The van der Waals surface area contributed by atoms with E-state index in [9.17, 15) is 13.2 Å². The van der Waals surface area contributed by atoms with Crippen LogP contribution in [-0.4, -0.2) is 31.0 Å². The molecule has 0 aliphatic rings. The van der Waals surface area contributed by atoms with Crippen LogP contribution in [-0.2, 0) is 14.8 Å². The molecule has 6 nitrogen and oxygen atoms in total. The first-order valence-corrected chi connectivity index (χ1v) is 7.83. The average Bonchev–Trinajstić information content (AvgIpc) is 2.37. The van der Waals surface area contributed by atoms with E-state index in [4.69, 9.17) is 5.11 Å². The molecule has 0 amide bonds. The zero-order valence-corrected chi connectivity index (χ0v) is 12.5. The second-order valence-electron chi connectivity index (χ2n) is 5.39. The molecule has 2 N–H and O–H groups in total. The molecular formula is C13H20N2O4S. The number of aliphatic carboxylic acids is 1. The number of hydrogen-bond acceptors (Lipinski definition) is 4. The molecule has 7 heteroatoms. The molecule has 1 rings (SSSR count). The predicted octanol–water partition coefficient (Wildman–Crippen LogP) is 1.64. The largest absolute Gasteiger partial charge is 0.481 e. The van der Waals surface area contributed by atoms with Crippen molar-refractivity contribution in [2.24, 2.45) is 5.41 Å². The van der Waals surface area contributed by atoms with Crippen molar-refractivity contribution in [1.82, 2.24) is 9.71 Å². The Morgan fingerprint density at radius 3 is 2.65 bits per heavy atom. The van der Waals surface area contributed by atoms with Gasteiger partial charge >= 0.3 is 5.97 Å². The quantitative estimate of drug-likeness (QED) is 0.761. The van der Waals surface area contributed by atoms with E-state index in [2.05, 4.69) is 9.71 Å². The molecule has 1 aromatic heterocycles. The highest BCUT2D eigenvalue weighted by Crippen LogP contribution is 2.26. The van der Waals surface area contributed by atoms with Crippen molar-refractivity contribution in [3.63, 3.8) is 0 Å². The Morgan fingerprint density at radius 2 is 2.10 bits per heavy atom. The van der Waals surface area contributed by atoms with Gasteiger partial charge in [-0.1, -0.05) is 13.8 Å². The third-order valence-corrected chi connectivity index (χ3v) is 4.50. The van der Waals surface area contributed by atoms with Gasteiger partial charge in [-0.3, -0.25) is 9.78 Å². The number of nitrogens with one attached hydrogen (secondary N) is 1. The molecule has 112 valence electrons. The maximum absolute atomic E-state index is 11.9. The Balaban J connectivity index is 2.49. The van der Waals surface area contributed by atoms with Gasteiger partial charge in [0.15, 0.2) is 0 Å². The minimum absolute atomic E-state index is 0.0857. The third kappa shape index (κ3) is 5.66. The summed E-state index contributed by atoms with van der Waals surface area (Å²) in [5.41, 5.74) is -0.226. The fourth-order valence-electron chi connectivity index (χ4n) is 1.68. The van der Waals surface area contributed by atoms with Crippen LogP contribution in [0.4, 0.5) is 0 Å². The molecule has 1 heterocycles. The van der Waals surface area contributed by atoms with Crippen LogP contribution in [0, 0.1) is 5.41 Å². The topological polar surface area (TPSA) is 96.4 Å². The van der Waals surface area contributed by atoms with Crippen LogP contribution in [0.15, 0.2) is 29.4 Å². The van der Waals surface area contributed by atoms with Crippen LogP contribution >= 0.6 is 0 Å². The zero-order chi connectivity index (χ0) is 15.2. The maximum Gasteiger partial charge on any atom is 0.303 e. The number of hydrogen-bond donors (Lipinski definition) is 2. The molecule has 0 saturated carbocycles. The van der Waals surface area contributed by atoms with Gasteiger partial charge in [-0.2, -0.15) is 0 Å². The van der Waals surface area contributed by atoms with Crippen LogP contribution in [0.2, 0.25) is 0 Å². The average molecular weight is 300 g/mol. The van der Waals surface area contributed by atoms with Gasteiger partial charge in [-0.05, 0) is 30.4 Å². The van der Waals surface area contributed by atoms with Crippen molar-refractivity contribution >= 4 is 16.0 Å². The first-order chi connectivity index (χ1) is 9.23. The molecule has 1 aromatic rings. The van der Waals surface area contributed by atoms with Crippen molar-refractivity contribution < 1.29 is 18.3 Å². The van der Waals surface area contributed by atoms with Gasteiger partial charge in [0.05, 0.1) is 0 Å². The van der Waals surface area contributed by atoms with Gasteiger partial charge in [-0.15, -0.1) is 0 Å². The summed E-state index contributed by atoms with van der Waals surface area (Å²) in [4.78, 5) is 14.4. The molecule has 0 bridgehead atoms. The van der Waals surface area contributed by atoms with Crippen LogP contribution in [0.5, 0.6) is 0 Å². The van der Waals surface area contributed by atoms with Gasteiger partial charge in [0.1, 0.15) is 4.90 Å². The summed E-state index contributed by atoms with van der Waals surface area (Å²) >= 11 is 0. The van der Waals surface area contributed by atoms with Gasteiger partial charge < -0.3 is 5.11 Å². The first-order valence-electron chi connectivity index (χ1n) is 6.34. The van der Waals surface area contributed by atoms with E-state index in [0.717, 1.165) is 0 Å². The number of carboxylic acids is 1. The van der Waals surface area contributed by atoms with Crippen molar-refractivity contribution in [1.29, 1.82) is 0 Å². The zero-order valence-electron chi connectivity index (χ0n) is 11.7. The van der Waals surface area contributed by atoms with E-state index in [-0.39, 0.29) is 23.3 Å². The van der Waals surface area contributed by atoms with Crippen LogP contribution < -0.4 is 4.72 Å². The second-order valence-corrected chi connectivity index (χ2v) is 7.16. The Kier molecular flexibility index (Phi) is 5.64. The molecule has 0 unspecified atom stereocenters. The van der Waals surface area contributed by atoms with Gasteiger partial charge in [0, 0.05) is 25.4 Å². The lowest BCUT2D eigenvalue weighted by Crippen LogP contribution is -2.28. The molecule has 20 heavy (non-hydrogen) atoms. The number of sulfonamides is 1. The normalized spacial score (nSPS) is 12.3. The first kappa shape index (κ1) is 16.6. The Labute approximate surface area is 119 Å². The molecule has 0 atom stereocenters. The van der Waals surface area contributed by atoms with Crippen LogP contribution in [0.25, 0.3) is 0 Å². The van der Waals surface area contributed by atoms with Crippen LogP contribution in [0.3, 0.4) is 0 Å². The van der Waals surface area contributed by atoms with E-state index in [1.807, 2.05) is 13.8 Å². The monoisotopic (exact) mass is 300 g/mol. The molecule has 0 radical (unpaired) electrons.